The van der Waals surface area contributed by atoms with Crippen LogP contribution in [0.1, 0.15) is 12.5 Å². The van der Waals surface area contributed by atoms with Crippen molar-refractivity contribution in [3.63, 3.8) is 0 Å². The summed E-state index contributed by atoms with van der Waals surface area (Å²) in [5.74, 6) is 0.694. The van der Waals surface area contributed by atoms with Gasteiger partial charge in [0.25, 0.3) is 5.56 Å². The van der Waals surface area contributed by atoms with Crippen LogP contribution in [0.5, 0.6) is 5.75 Å². The van der Waals surface area contributed by atoms with Crippen LogP contribution in [0.3, 0.4) is 0 Å². The van der Waals surface area contributed by atoms with E-state index >= 15 is 0 Å². The van der Waals surface area contributed by atoms with E-state index in [1.165, 1.54) is 11.3 Å². The van der Waals surface area contributed by atoms with Crippen molar-refractivity contribution < 1.29 is 4.74 Å². The molecule has 0 radical (unpaired) electrons. The third-order valence-electron chi connectivity index (χ3n) is 3.15. The number of thiophene rings is 1. The Morgan fingerprint density at radius 3 is 3.10 bits per heavy atom. The maximum Gasteiger partial charge on any atom is 0.271 e. The van der Waals surface area contributed by atoms with Crippen molar-refractivity contribution in [2.75, 3.05) is 0 Å². The van der Waals surface area contributed by atoms with E-state index in [2.05, 4.69) is 9.97 Å². The Hall–Kier alpha value is -2.21. The van der Waals surface area contributed by atoms with Crippen molar-refractivity contribution in [3.05, 3.63) is 52.2 Å². The van der Waals surface area contributed by atoms with Crippen molar-refractivity contribution in [3.8, 4) is 5.75 Å². The van der Waals surface area contributed by atoms with Crippen LogP contribution in [-0.2, 0) is 6.54 Å². The second-order valence-electron chi connectivity index (χ2n) is 4.92. The number of nitrogens with zero attached hydrogens (tertiary/aromatic N) is 3. The Labute approximate surface area is 125 Å². The van der Waals surface area contributed by atoms with Crippen molar-refractivity contribution in [2.45, 2.75) is 26.5 Å². The summed E-state index contributed by atoms with van der Waals surface area (Å²) < 4.78 is 8.04. The normalized spacial score (nSPS) is 12.5. The second-order valence-corrected chi connectivity index (χ2v) is 5.80. The molecular weight excluding hydrogens is 286 g/mol. The smallest absolute Gasteiger partial charge is 0.271 e. The summed E-state index contributed by atoms with van der Waals surface area (Å²) in [4.78, 5) is 20.8. The number of hydrogen-bond donors (Lipinski definition) is 0. The minimum Gasteiger partial charge on any atom is -0.487 e. The van der Waals surface area contributed by atoms with E-state index in [4.69, 9.17) is 4.74 Å². The van der Waals surface area contributed by atoms with Crippen LogP contribution in [0.2, 0.25) is 0 Å². The first-order valence-corrected chi connectivity index (χ1v) is 7.53. The Kier molecular flexibility index (Phi) is 3.70. The molecule has 0 N–H and O–H groups in total. The summed E-state index contributed by atoms with van der Waals surface area (Å²) in [6.45, 7) is 4.33. The minimum atomic E-state index is -0.146. The zero-order chi connectivity index (χ0) is 14.8. The number of hydrogen-bond acceptors (Lipinski definition) is 5. The molecule has 3 heterocycles. The number of aryl methyl sites for hydroxylation is 1. The van der Waals surface area contributed by atoms with Gasteiger partial charge in [0.1, 0.15) is 16.6 Å². The summed E-state index contributed by atoms with van der Waals surface area (Å²) >= 11 is 1.44. The molecule has 0 aliphatic carbocycles. The number of fused-ring (bicyclic) bond motifs is 1. The zero-order valence-electron chi connectivity index (χ0n) is 11.8. The van der Waals surface area contributed by atoms with Gasteiger partial charge in [0.05, 0.1) is 24.6 Å². The largest absolute Gasteiger partial charge is 0.487 e. The molecule has 0 fully saturated rings. The summed E-state index contributed by atoms with van der Waals surface area (Å²) in [6, 6.07) is 3.66. The van der Waals surface area contributed by atoms with Gasteiger partial charge in [0, 0.05) is 6.20 Å². The molecule has 0 amide bonds. The molecule has 3 aromatic heterocycles. The average Bonchev–Trinajstić information content (AvgIpc) is 2.85. The lowest BCUT2D eigenvalue weighted by Crippen LogP contribution is -2.28. The second kappa shape index (κ2) is 5.65. The number of aromatic nitrogens is 3. The van der Waals surface area contributed by atoms with E-state index in [9.17, 15) is 4.79 Å². The topological polar surface area (TPSA) is 57.0 Å². The number of pyridine rings is 1. The van der Waals surface area contributed by atoms with Gasteiger partial charge in [-0.3, -0.25) is 14.3 Å². The molecule has 3 aromatic rings. The highest BCUT2D eigenvalue weighted by Gasteiger charge is 2.11. The van der Waals surface area contributed by atoms with Crippen molar-refractivity contribution >= 4 is 21.6 Å². The quantitative estimate of drug-likeness (QED) is 0.743. The summed E-state index contributed by atoms with van der Waals surface area (Å²) in [5.41, 5.74) is 1.82. The van der Waals surface area contributed by atoms with E-state index < -0.39 is 0 Å². The first kappa shape index (κ1) is 13.8. The van der Waals surface area contributed by atoms with Gasteiger partial charge < -0.3 is 4.74 Å². The van der Waals surface area contributed by atoms with Crippen LogP contribution >= 0.6 is 11.3 Å². The van der Waals surface area contributed by atoms with Crippen molar-refractivity contribution in [1.29, 1.82) is 0 Å². The molecule has 0 saturated heterocycles. The number of rotatable bonds is 4. The highest BCUT2D eigenvalue weighted by atomic mass is 32.1. The Morgan fingerprint density at radius 1 is 1.48 bits per heavy atom. The average molecular weight is 301 g/mol. The highest BCUT2D eigenvalue weighted by Crippen LogP contribution is 2.19. The van der Waals surface area contributed by atoms with Crippen LogP contribution in [-0.4, -0.2) is 20.6 Å². The maximum absolute atomic E-state index is 12.4. The lowest BCUT2D eigenvalue weighted by atomic mass is 10.3. The molecule has 0 bridgehead atoms. The molecule has 3 rings (SSSR count). The standard InChI is InChI=1S/C15H15N3O2S/c1-10-8-21-14-13(10)17-9-18(15(14)19)7-11(2)20-12-4-3-5-16-6-12/h3-6,8-9,11H,7H2,1-2H3/t11-/m0/s1. The molecule has 0 saturated carbocycles. The van der Waals surface area contributed by atoms with Gasteiger partial charge in [-0.25, -0.2) is 4.98 Å². The van der Waals surface area contributed by atoms with E-state index in [1.807, 2.05) is 31.4 Å². The van der Waals surface area contributed by atoms with E-state index in [0.717, 1.165) is 11.1 Å². The Morgan fingerprint density at radius 2 is 2.33 bits per heavy atom. The minimum absolute atomic E-state index is 0.0141. The first-order valence-electron chi connectivity index (χ1n) is 6.65. The fraction of sp³-hybridized carbons (Fsp3) is 0.267. The fourth-order valence-corrected chi connectivity index (χ4v) is 3.10. The SMILES string of the molecule is Cc1csc2c(=O)n(C[C@H](C)Oc3cccnc3)cnc12. The monoisotopic (exact) mass is 301 g/mol. The summed E-state index contributed by atoms with van der Waals surface area (Å²) in [6.07, 6.45) is 4.79. The molecule has 0 unspecified atom stereocenters. The highest BCUT2D eigenvalue weighted by molar-refractivity contribution is 7.17. The molecule has 108 valence electrons. The lowest BCUT2D eigenvalue weighted by molar-refractivity contribution is 0.197. The van der Waals surface area contributed by atoms with Crippen LogP contribution in [0.25, 0.3) is 10.2 Å². The molecule has 0 aliphatic rings. The molecule has 5 nitrogen and oxygen atoms in total. The van der Waals surface area contributed by atoms with E-state index in [1.54, 1.807) is 23.3 Å². The van der Waals surface area contributed by atoms with Gasteiger partial charge in [0.2, 0.25) is 0 Å². The van der Waals surface area contributed by atoms with Gasteiger partial charge in [-0.15, -0.1) is 11.3 Å². The summed E-state index contributed by atoms with van der Waals surface area (Å²) in [5, 5.41) is 1.96. The third kappa shape index (κ3) is 2.80. The Bertz CT molecular complexity index is 811. The van der Waals surface area contributed by atoms with Crippen molar-refractivity contribution in [1.82, 2.24) is 14.5 Å². The van der Waals surface area contributed by atoms with Gasteiger partial charge >= 0.3 is 0 Å². The zero-order valence-corrected chi connectivity index (χ0v) is 12.6. The first-order chi connectivity index (χ1) is 10.1. The molecule has 6 heteroatoms. The molecule has 0 aromatic carbocycles. The van der Waals surface area contributed by atoms with Crippen LogP contribution in [0, 0.1) is 6.92 Å². The van der Waals surface area contributed by atoms with Gasteiger partial charge in [-0.2, -0.15) is 0 Å². The molecule has 0 spiro atoms. The van der Waals surface area contributed by atoms with E-state index in [0.29, 0.717) is 17.0 Å². The van der Waals surface area contributed by atoms with Crippen molar-refractivity contribution in [2.24, 2.45) is 0 Å². The van der Waals surface area contributed by atoms with E-state index in [-0.39, 0.29) is 11.7 Å². The molecule has 21 heavy (non-hydrogen) atoms. The molecule has 1 atom stereocenters. The number of ether oxygens (including phenoxy) is 1. The summed E-state index contributed by atoms with van der Waals surface area (Å²) in [7, 11) is 0. The van der Waals surface area contributed by atoms with Gasteiger partial charge in [-0.1, -0.05) is 0 Å². The lowest BCUT2D eigenvalue weighted by Gasteiger charge is -2.15. The molecule has 0 aliphatic heterocycles. The maximum atomic E-state index is 12.4. The van der Waals surface area contributed by atoms with Crippen LogP contribution < -0.4 is 10.3 Å². The van der Waals surface area contributed by atoms with Gasteiger partial charge in [-0.05, 0) is 36.9 Å². The molecular formula is C15H15N3O2S. The third-order valence-corrected chi connectivity index (χ3v) is 4.22. The van der Waals surface area contributed by atoms with Crippen LogP contribution in [0.4, 0.5) is 0 Å². The Balaban J connectivity index is 1.81. The van der Waals surface area contributed by atoms with Crippen LogP contribution in [0.15, 0.2) is 41.0 Å². The van der Waals surface area contributed by atoms with Gasteiger partial charge in [0.15, 0.2) is 0 Å². The predicted octanol–water partition coefficient (Wildman–Crippen LogP) is 2.63. The predicted molar refractivity (Wildman–Crippen MR) is 82.9 cm³/mol. The fourth-order valence-electron chi connectivity index (χ4n) is 2.15.